The van der Waals surface area contributed by atoms with Gasteiger partial charge in [-0.2, -0.15) is 0 Å². The topological polar surface area (TPSA) is 0 Å². The Bertz CT molecular complexity index is 112. The van der Waals surface area contributed by atoms with Crippen LogP contribution >= 0.6 is 0 Å². The molecule has 11 heavy (non-hydrogen) atoms. The van der Waals surface area contributed by atoms with Crippen molar-refractivity contribution < 1.29 is 0 Å². The molecule has 0 saturated carbocycles. The molecule has 0 heterocycles. The van der Waals surface area contributed by atoms with Crippen molar-refractivity contribution in [2.75, 3.05) is 0 Å². The fraction of sp³-hybridized carbons (Fsp3) is 0.727. The maximum atomic E-state index is 3.95. The van der Waals surface area contributed by atoms with E-state index in [1.54, 1.807) is 0 Å². The third-order valence-electron chi connectivity index (χ3n) is 2.11. The summed E-state index contributed by atoms with van der Waals surface area (Å²) in [5.41, 5.74) is 1.30. The summed E-state index contributed by atoms with van der Waals surface area (Å²) in [5, 5.41) is 0. The third kappa shape index (κ3) is 4.23. The lowest BCUT2D eigenvalue weighted by atomic mass is 9.81. The molecule has 0 nitrogen and oxygen atoms in total. The molecule has 0 aromatic carbocycles. The summed E-state index contributed by atoms with van der Waals surface area (Å²) >= 11 is 0. The molecule has 0 N–H and O–H groups in total. The summed E-state index contributed by atoms with van der Waals surface area (Å²) in [6.07, 6.45) is 1.15. The molecule has 0 fully saturated rings. The normalized spacial score (nSPS) is 11.6. The van der Waals surface area contributed by atoms with Gasteiger partial charge in [0.25, 0.3) is 0 Å². The smallest absolute Gasteiger partial charge is 0.0266 e. The van der Waals surface area contributed by atoms with E-state index in [0.717, 1.165) is 18.3 Å². The van der Waals surface area contributed by atoms with Gasteiger partial charge in [-0.3, -0.25) is 0 Å². The van der Waals surface area contributed by atoms with Crippen molar-refractivity contribution in [3.63, 3.8) is 0 Å². The van der Waals surface area contributed by atoms with Crippen molar-refractivity contribution >= 4 is 0 Å². The van der Waals surface area contributed by atoms with E-state index in [9.17, 15) is 0 Å². The lowest BCUT2D eigenvalue weighted by Gasteiger charge is -2.24. The fourth-order valence-electron chi connectivity index (χ4n) is 1.48. The first kappa shape index (κ1) is 10.7. The zero-order chi connectivity index (χ0) is 9.02. The second kappa shape index (κ2) is 4.58. The molecule has 0 spiro atoms. The number of hydrogen-bond acceptors (Lipinski definition) is 0. The van der Waals surface area contributed by atoms with Crippen LogP contribution in [0.3, 0.4) is 0 Å². The minimum absolute atomic E-state index is 0.729. The van der Waals surface area contributed by atoms with Gasteiger partial charge in [0.05, 0.1) is 0 Å². The van der Waals surface area contributed by atoms with Gasteiger partial charge in [-0.05, 0) is 31.1 Å². The summed E-state index contributed by atoms with van der Waals surface area (Å²) in [4.78, 5) is 0. The first-order valence-electron chi connectivity index (χ1n) is 4.39. The highest BCUT2D eigenvalue weighted by atomic mass is 14.2. The van der Waals surface area contributed by atoms with Crippen molar-refractivity contribution in [2.24, 2.45) is 11.8 Å². The molecule has 0 aromatic heterocycles. The van der Waals surface area contributed by atoms with Gasteiger partial charge in [-0.25, -0.2) is 0 Å². The minimum Gasteiger partial charge on any atom is -0.100 e. The molecule has 0 aromatic rings. The molecule has 65 valence electrons. The van der Waals surface area contributed by atoms with Crippen LogP contribution in [-0.4, -0.2) is 0 Å². The highest BCUT2D eigenvalue weighted by Crippen LogP contribution is 2.27. The highest BCUT2D eigenvalue weighted by Gasteiger charge is 2.17. The van der Waals surface area contributed by atoms with Gasteiger partial charge < -0.3 is 0 Å². The highest BCUT2D eigenvalue weighted by molar-refractivity contribution is 4.99. The van der Waals surface area contributed by atoms with E-state index in [0.29, 0.717) is 0 Å². The van der Waals surface area contributed by atoms with Crippen LogP contribution in [-0.2, 0) is 0 Å². The molecule has 1 unspecified atom stereocenters. The molecular formula is C11H21. The van der Waals surface area contributed by atoms with Crippen LogP contribution in [0, 0.1) is 17.8 Å². The van der Waals surface area contributed by atoms with Crippen molar-refractivity contribution in [3.05, 3.63) is 18.1 Å². The quantitative estimate of drug-likeness (QED) is 0.538. The maximum absolute atomic E-state index is 3.95. The van der Waals surface area contributed by atoms with Crippen molar-refractivity contribution in [2.45, 2.75) is 41.0 Å². The summed E-state index contributed by atoms with van der Waals surface area (Å²) in [7, 11) is 0. The van der Waals surface area contributed by atoms with Crippen molar-refractivity contribution in [3.8, 4) is 0 Å². The van der Waals surface area contributed by atoms with Crippen LogP contribution in [0.4, 0.5) is 0 Å². The second-order valence-electron chi connectivity index (χ2n) is 4.09. The first-order valence-corrected chi connectivity index (χ1v) is 4.39. The van der Waals surface area contributed by atoms with Gasteiger partial charge in [-0.15, -0.1) is 6.58 Å². The Kier molecular flexibility index (Phi) is 4.48. The molecule has 0 saturated heterocycles. The Morgan fingerprint density at radius 2 is 1.64 bits per heavy atom. The van der Waals surface area contributed by atoms with E-state index >= 15 is 0 Å². The van der Waals surface area contributed by atoms with E-state index in [2.05, 4.69) is 41.2 Å². The molecular weight excluding hydrogens is 132 g/mol. The van der Waals surface area contributed by atoms with Crippen LogP contribution in [0.2, 0.25) is 0 Å². The largest absolute Gasteiger partial charge is 0.100 e. The third-order valence-corrected chi connectivity index (χ3v) is 2.11. The van der Waals surface area contributed by atoms with E-state index in [1.807, 2.05) is 0 Å². The zero-order valence-corrected chi connectivity index (χ0v) is 8.57. The summed E-state index contributed by atoms with van der Waals surface area (Å²) in [6.45, 7) is 15.0. The van der Waals surface area contributed by atoms with Crippen LogP contribution in [0.5, 0.6) is 0 Å². The van der Waals surface area contributed by atoms with Gasteiger partial charge in [0.2, 0.25) is 0 Å². The van der Waals surface area contributed by atoms with Gasteiger partial charge in [0.1, 0.15) is 0 Å². The predicted octanol–water partition coefficient (Wildman–Crippen LogP) is 3.84. The Hall–Kier alpha value is -0.260. The van der Waals surface area contributed by atoms with Crippen LogP contribution in [0.1, 0.15) is 41.0 Å². The van der Waals surface area contributed by atoms with Crippen LogP contribution < -0.4 is 0 Å². The average Bonchev–Trinajstić information content (AvgIpc) is 1.81. The van der Waals surface area contributed by atoms with Gasteiger partial charge >= 0.3 is 0 Å². The molecule has 0 heteroatoms. The molecule has 1 atom stereocenters. The minimum atomic E-state index is 0.729. The van der Waals surface area contributed by atoms with E-state index in [1.165, 1.54) is 11.5 Å². The number of hydrogen-bond donors (Lipinski definition) is 0. The Labute approximate surface area is 71.7 Å². The standard InChI is InChI=1S/C11H21/c1-8(2)7-11(9(3)4)10(5)6/h9,11H,1,7H2,2-6H3. The molecule has 0 aliphatic rings. The van der Waals surface area contributed by atoms with Crippen molar-refractivity contribution in [1.82, 2.24) is 0 Å². The molecule has 0 amide bonds. The molecule has 1 radical (unpaired) electrons. The molecule has 0 bridgehead atoms. The van der Waals surface area contributed by atoms with E-state index in [-0.39, 0.29) is 0 Å². The summed E-state index contributed by atoms with van der Waals surface area (Å²) in [6, 6.07) is 0. The fourth-order valence-corrected chi connectivity index (χ4v) is 1.48. The number of allylic oxidation sites excluding steroid dienone is 1. The molecule has 0 aliphatic carbocycles. The van der Waals surface area contributed by atoms with Gasteiger partial charge in [0, 0.05) is 0 Å². The molecule has 0 aliphatic heterocycles. The maximum Gasteiger partial charge on any atom is -0.0266 e. The zero-order valence-electron chi connectivity index (χ0n) is 8.57. The van der Waals surface area contributed by atoms with Crippen LogP contribution in [0.15, 0.2) is 12.2 Å². The summed E-state index contributed by atoms with van der Waals surface area (Å²) < 4.78 is 0. The van der Waals surface area contributed by atoms with Crippen molar-refractivity contribution in [1.29, 1.82) is 0 Å². The van der Waals surface area contributed by atoms with Gasteiger partial charge in [-0.1, -0.05) is 33.3 Å². The monoisotopic (exact) mass is 153 g/mol. The lowest BCUT2D eigenvalue weighted by molar-refractivity contribution is 0.399. The first-order chi connectivity index (χ1) is 4.95. The SMILES string of the molecule is C=C(C)CC([C](C)C)C(C)C. The Morgan fingerprint density at radius 1 is 1.18 bits per heavy atom. The van der Waals surface area contributed by atoms with Gasteiger partial charge in [0.15, 0.2) is 0 Å². The average molecular weight is 153 g/mol. The summed E-state index contributed by atoms with van der Waals surface area (Å²) in [5.74, 6) is 3.01. The second-order valence-corrected chi connectivity index (χ2v) is 4.09. The Morgan fingerprint density at radius 3 is 1.73 bits per heavy atom. The Balaban J connectivity index is 4.00. The van der Waals surface area contributed by atoms with E-state index in [4.69, 9.17) is 0 Å². The van der Waals surface area contributed by atoms with E-state index < -0.39 is 0 Å². The predicted molar refractivity (Wildman–Crippen MR) is 52.4 cm³/mol. The van der Waals surface area contributed by atoms with Crippen LogP contribution in [0.25, 0.3) is 0 Å². The molecule has 0 rings (SSSR count). The lowest BCUT2D eigenvalue weighted by Crippen LogP contribution is -2.14. The number of rotatable bonds is 4.